The number of halogens is 3. The van der Waals surface area contributed by atoms with Crippen LogP contribution in [-0.4, -0.2) is 24.1 Å². The Kier molecular flexibility index (Phi) is 2.71. The summed E-state index contributed by atoms with van der Waals surface area (Å²) in [6.07, 6.45) is 0. The molecule has 0 saturated carbocycles. The molecule has 0 aromatic rings. The van der Waals surface area contributed by atoms with Gasteiger partial charge in [-0.15, -0.1) is 0 Å². The van der Waals surface area contributed by atoms with Crippen molar-refractivity contribution in [3.8, 4) is 0 Å². The number of carbonyl (C=O) groups excluding carboxylic acids is 1. The van der Waals surface area contributed by atoms with Crippen LogP contribution in [0.1, 0.15) is 6.92 Å². The molecule has 0 aromatic heterocycles. The van der Waals surface area contributed by atoms with Crippen LogP contribution in [0.5, 0.6) is 0 Å². The van der Waals surface area contributed by atoms with Gasteiger partial charge in [-0.05, 0) is 18.9 Å². The van der Waals surface area contributed by atoms with Gasteiger partial charge in [-0.1, -0.05) is 47.8 Å². The zero-order chi connectivity index (χ0) is 8.86. The summed E-state index contributed by atoms with van der Waals surface area (Å²) in [6, 6.07) is 0. The summed E-state index contributed by atoms with van der Waals surface area (Å²) >= 11 is 11.6. The van der Waals surface area contributed by atoms with Crippen LogP contribution in [0.3, 0.4) is 0 Å². The lowest BCUT2D eigenvalue weighted by molar-refractivity contribution is -0.124. The molecule has 1 aliphatic rings. The predicted octanol–water partition coefficient (Wildman–Crippen LogP) is 2.70. The Morgan fingerprint density at radius 3 is 2.00 bits per heavy atom. The second kappa shape index (κ2) is 2.89. The summed E-state index contributed by atoms with van der Waals surface area (Å²) in [5.41, 5.74) is 0. The summed E-state index contributed by atoms with van der Waals surface area (Å²) in [6.45, 7) is 1.93. The minimum absolute atomic E-state index is 0.0156. The van der Waals surface area contributed by atoms with E-state index in [0.29, 0.717) is 0 Å². The monoisotopic (exact) mass is 365 g/mol. The van der Waals surface area contributed by atoms with Crippen LogP contribution >= 0.6 is 59.7 Å². The van der Waals surface area contributed by atoms with Crippen LogP contribution in [0.4, 0.5) is 0 Å². The first-order chi connectivity index (χ1) is 4.79. The Balaban J connectivity index is 3.02. The average molecular weight is 368 g/mol. The van der Waals surface area contributed by atoms with Crippen molar-refractivity contribution in [2.45, 2.75) is 13.8 Å². The maximum Gasteiger partial charge on any atom is 0.262 e. The zero-order valence-corrected chi connectivity index (χ0v) is 11.5. The van der Waals surface area contributed by atoms with E-state index in [-0.39, 0.29) is 9.56 Å². The Morgan fingerprint density at radius 1 is 1.45 bits per heavy atom. The van der Waals surface area contributed by atoms with Crippen molar-refractivity contribution in [1.29, 1.82) is 0 Å². The maximum absolute atomic E-state index is 11.4. The van der Waals surface area contributed by atoms with Gasteiger partial charge in [0.15, 0.2) is 3.23 Å². The lowest BCUT2D eigenvalue weighted by Gasteiger charge is -2.22. The summed E-state index contributed by atoms with van der Waals surface area (Å²) in [7, 11) is 1.75. The molecule has 0 bridgehead atoms. The van der Waals surface area contributed by atoms with Gasteiger partial charge in [0.05, 0.1) is 0 Å². The van der Waals surface area contributed by atoms with Crippen LogP contribution in [0, 0.1) is 0 Å². The van der Waals surface area contributed by atoms with Gasteiger partial charge in [0.2, 0.25) is 0 Å². The van der Waals surface area contributed by atoms with Crippen molar-refractivity contribution in [3.63, 3.8) is 0 Å². The summed E-state index contributed by atoms with van der Waals surface area (Å²) < 4.78 is 0.580. The second-order valence-electron chi connectivity index (χ2n) is 2.39. The summed E-state index contributed by atoms with van der Waals surface area (Å²) in [5, 5.41) is 0. The van der Waals surface area contributed by atoms with E-state index in [2.05, 4.69) is 47.8 Å². The normalized spacial score (nSPS) is 36.5. The van der Waals surface area contributed by atoms with Gasteiger partial charge in [-0.25, -0.2) is 0 Å². The smallest absolute Gasteiger partial charge is 0.262 e. The highest BCUT2D eigenvalue weighted by atomic mass is 79.9. The minimum atomic E-state index is -0.688. The second-order valence-corrected chi connectivity index (χ2v) is 9.49. The van der Waals surface area contributed by atoms with Crippen LogP contribution in [0.2, 0.25) is 0 Å². The molecule has 0 spiro atoms. The quantitative estimate of drug-likeness (QED) is 0.484. The molecule has 1 aliphatic heterocycles. The van der Waals surface area contributed by atoms with Gasteiger partial charge in [0, 0.05) is 7.05 Å². The number of alkyl halides is 3. The number of hydrogen-bond donors (Lipinski definition) is 0. The highest BCUT2D eigenvalue weighted by molar-refractivity contribution is 9.27. The first-order valence-corrected chi connectivity index (χ1v) is 5.98. The van der Waals surface area contributed by atoms with Gasteiger partial charge in [0.1, 0.15) is 3.66 Å². The number of nitrogens with zero attached hydrogens (tertiary/aromatic N) is 1. The largest absolute Gasteiger partial charge is 0.286 e. The van der Waals surface area contributed by atoms with Gasteiger partial charge in [-0.3, -0.25) is 9.10 Å². The van der Waals surface area contributed by atoms with E-state index in [9.17, 15) is 4.79 Å². The molecule has 1 amide bonds. The minimum Gasteiger partial charge on any atom is -0.286 e. The highest BCUT2D eigenvalue weighted by Gasteiger charge is 2.58. The maximum atomic E-state index is 11.4. The van der Waals surface area contributed by atoms with E-state index in [4.69, 9.17) is 0 Å². The van der Waals surface area contributed by atoms with E-state index >= 15 is 0 Å². The molecule has 0 aromatic carbocycles. The standard InChI is InChI=1S/C5H6Br3NOS/c1-4(6)5(7,8)3(10)9(2)11-4/h1-2H3. The summed E-state index contributed by atoms with van der Waals surface area (Å²) in [4.78, 5) is 11.4. The fourth-order valence-corrected chi connectivity index (χ4v) is 3.70. The van der Waals surface area contributed by atoms with Crippen molar-refractivity contribution in [2.75, 3.05) is 7.05 Å². The van der Waals surface area contributed by atoms with E-state index in [0.717, 1.165) is 0 Å². The third kappa shape index (κ3) is 1.51. The number of carbonyl (C=O) groups is 1. The van der Waals surface area contributed by atoms with Crippen molar-refractivity contribution in [3.05, 3.63) is 0 Å². The Morgan fingerprint density at radius 2 is 1.91 bits per heavy atom. The molecule has 0 aliphatic carbocycles. The van der Waals surface area contributed by atoms with Crippen molar-refractivity contribution < 1.29 is 4.79 Å². The first kappa shape index (κ1) is 10.3. The molecule has 1 saturated heterocycles. The van der Waals surface area contributed by atoms with Crippen LogP contribution in [0.25, 0.3) is 0 Å². The Labute approximate surface area is 95.0 Å². The molecule has 1 atom stereocenters. The van der Waals surface area contributed by atoms with Crippen molar-refractivity contribution in [2.24, 2.45) is 0 Å². The number of rotatable bonds is 0. The van der Waals surface area contributed by atoms with E-state index in [1.165, 1.54) is 11.9 Å². The summed E-state index contributed by atoms with van der Waals surface area (Å²) in [5.74, 6) is 0.0156. The molecule has 1 fully saturated rings. The molecule has 2 nitrogen and oxygen atoms in total. The Hall–Kier alpha value is 1.26. The lowest BCUT2D eigenvalue weighted by atomic mass is 10.3. The molecule has 1 heterocycles. The fourth-order valence-electron chi connectivity index (χ4n) is 0.745. The molecular weight excluding hydrogens is 362 g/mol. The zero-order valence-electron chi connectivity index (χ0n) is 5.90. The van der Waals surface area contributed by atoms with E-state index in [1.807, 2.05) is 6.92 Å². The fraction of sp³-hybridized carbons (Fsp3) is 0.800. The molecule has 0 radical (unpaired) electrons. The van der Waals surface area contributed by atoms with Crippen molar-refractivity contribution >= 4 is 65.6 Å². The first-order valence-electron chi connectivity index (χ1n) is 2.83. The molecule has 11 heavy (non-hydrogen) atoms. The lowest BCUT2D eigenvalue weighted by Crippen LogP contribution is -2.36. The topological polar surface area (TPSA) is 20.3 Å². The van der Waals surface area contributed by atoms with Gasteiger partial charge < -0.3 is 0 Å². The van der Waals surface area contributed by atoms with Gasteiger partial charge in [0.25, 0.3) is 5.91 Å². The SMILES string of the molecule is CN1SC(C)(Br)C(Br)(Br)C1=O. The number of amides is 1. The van der Waals surface area contributed by atoms with E-state index < -0.39 is 3.23 Å². The van der Waals surface area contributed by atoms with E-state index in [1.54, 1.807) is 11.4 Å². The highest BCUT2D eigenvalue weighted by Crippen LogP contribution is 2.57. The number of hydrogen-bond acceptors (Lipinski definition) is 2. The van der Waals surface area contributed by atoms with Crippen LogP contribution in [0.15, 0.2) is 0 Å². The Bertz CT molecular complexity index is 206. The molecule has 1 rings (SSSR count). The van der Waals surface area contributed by atoms with Crippen LogP contribution in [-0.2, 0) is 4.79 Å². The van der Waals surface area contributed by atoms with Crippen LogP contribution < -0.4 is 0 Å². The molecule has 1 unspecified atom stereocenters. The van der Waals surface area contributed by atoms with Gasteiger partial charge >= 0.3 is 0 Å². The average Bonchev–Trinajstić information content (AvgIpc) is 1.93. The van der Waals surface area contributed by atoms with Crippen molar-refractivity contribution in [1.82, 2.24) is 4.31 Å². The third-order valence-corrected chi connectivity index (χ3v) is 7.40. The molecule has 6 heteroatoms. The molecule has 0 N–H and O–H groups in total. The van der Waals surface area contributed by atoms with Gasteiger partial charge in [-0.2, -0.15) is 0 Å². The molecule has 64 valence electrons. The third-order valence-electron chi connectivity index (χ3n) is 1.42. The molecular formula is C5H6Br3NOS. The predicted molar refractivity (Wildman–Crippen MR) is 58.3 cm³/mol.